The molecule has 0 N–H and O–H groups in total. The average molecular weight is 803 g/mol. The predicted octanol–water partition coefficient (Wildman–Crippen LogP) is 14.2. The van der Waals surface area contributed by atoms with Crippen molar-refractivity contribution in [3.05, 3.63) is 229 Å². The van der Waals surface area contributed by atoms with E-state index in [1.165, 1.54) is 60.8 Å². The van der Waals surface area contributed by atoms with E-state index in [1.54, 1.807) is 0 Å². The number of para-hydroxylation sites is 2. The molecule has 12 aromatic rings. The van der Waals surface area contributed by atoms with E-state index in [0.717, 1.165) is 49.8 Å². The molecule has 2 aliphatic rings. The minimum atomic E-state index is -0.430. The van der Waals surface area contributed by atoms with Crippen LogP contribution >= 0.6 is 0 Å². The molecule has 0 atom stereocenters. The Hall–Kier alpha value is -8.41. The fourth-order valence-corrected chi connectivity index (χ4v) is 10.9. The number of aromatic nitrogens is 4. The van der Waals surface area contributed by atoms with Crippen LogP contribution in [-0.4, -0.2) is 19.5 Å². The molecule has 2 aliphatic carbocycles. The number of furan rings is 1. The van der Waals surface area contributed by atoms with E-state index in [-0.39, 0.29) is 0 Å². The number of fused-ring (bicyclic) bond motifs is 17. The number of benzene rings is 9. The normalized spacial score (nSPS) is 13.2. The maximum Gasteiger partial charge on any atom is 0.164 e. The van der Waals surface area contributed by atoms with Gasteiger partial charge in [0.15, 0.2) is 17.5 Å². The van der Waals surface area contributed by atoms with Gasteiger partial charge in [0.1, 0.15) is 11.2 Å². The third-order valence-corrected chi connectivity index (χ3v) is 13.5. The molecule has 5 nitrogen and oxygen atoms in total. The second-order valence-corrected chi connectivity index (χ2v) is 16.7. The smallest absolute Gasteiger partial charge is 0.164 e. The lowest BCUT2D eigenvalue weighted by atomic mass is 9.70. The van der Waals surface area contributed by atoms with Gasteiger partial charge in [0.25, 0.3) is 0 Å². The first-order valence-electron chi connectivity index (χ1n) is 21.4. The monoisotopic (exact) mass is 802 g/mol. The van der Waals surface area contributed by atoms with Crippen LogP contribution in [0.1, 0.15) is 22.3 Å². The Morgan fingerprint density at radius 2 is 0.889 bits per heavy atom. The minimum Gasteiger partial charge on any atom is -0.456 e. The summed E-state index contributed by atoms with van der Waals surface area (Å²) in [5.74, 6) is 1.81. The highest BCUT2D eigenvalue weighted by Gasteiger charge is 2.52. The Balaban J connectivity index is 0.966. The van der Waals surface area contributed by atoms with Crippen molar-refractivity contribution in [1.29, 1.82) is 0 Å². The molecule has 0 radical (unpaired) electrons. The Kier molecular flexibility index (Phi) is 6.97. The van der Waals surface area contributed by atoms with Crippen LogP contribution < -0.4 is 0 Å². The number of hydrogen-bond acceptors (Lipinski definition) is 4. The van der Waals surface area contributed by atoms with Crippen molar-refractivity contribution < 1.29 is 4.42 Å². The van der Waals surface area contributed by atoms with Crippen LogP contribution in [0.3, 0.4) is 0 Å². The maximum absolute atomic E-state index is 6.29. The van der Waals surface area contributed by atoms with Gasteiger partial charge in [0, 0.05) is 49.5 Å². The highest BCUT2D eigenvalue weighted by Crippen LogP contribution is 2.64. The van der Waals surface area contributed by atoms with E-state index >= 15 is 0 Å². The van der Waals surface area contributed by atoms with Gasteiger partial charge in [-0.1, -0.05) is 158 Å². The van der Waals surface area contributed by atoms with Gasteiger partial charge in [-0.3, -0.25) is 0 Å². The molecule has 0 aliphatic heterocycles. The van der Waals surface area contributed by atoms with Crippen LogP contribution in [0.15, 0.2) is 211 Å². The van der Waals surface area contributed by atoms with Crippen LogP contribution in [-0.2, 0) is 5.41 Å². The minimum absolute atomic E-state index is 0.430. The number of rotatable bonds is 4. The Morgan fingerprint density at radius 1 is 0.365 bits per heavy atom. The van der Waals surface area contributed by atoms with Crippen LogP contribution in [0.2, 0.25) is 0 Å². The van der Waals surface area contributed by atoms with E-state index < -0.39 is 5.41 Å². The van der Waals surface area contributed by atoms with Crippen molar-refractivity contribution in [3.8, 4) is 62.1 Å². The summed E-state index contributed by atoms with van der Waals surface area (Å²) in [4.78, 5) is 15.2. The second kappa shape index (κ2) is 12.8. The van der Waals surface area contributed by atoms with Crippen molar-refractivity contribution in [3.63, 3.8) is 0 Å². The SMILES string of the molecule is c1ccc(-c2nc(-c3ccc(-n4c5ccccc5c5ccc6c(c54)-c4ccccc4C64c5ccccc5-c5ccccc54)cc3)nc(-c3ccc4c(c3)oc3ccccc34)n2)cc1. The van der Waals surface area contributed by atoms with E-state index in [9.17, 15) is 0 Å². The molecule has 63 heavy (non-hydrogen) atoms. The molecule has 0 unspecified atom stereocenters. The molecule has 14 rings (SSSR count). The summed E-state index contributed by atoms with van der Waals surface area (Å²) >= 11 is 0. The molecule has 0 amide bonds. The number of hydrogen-bond donors (Lipinski definition) is 0. The van der Waals surface area contributed by atoms with Gasteiger partial charge >= 0.3 is 0 Å². The average Bonchev–Trinajstić information content (AvgIpc) is 4.08. The molecule has 9 aromatic carbocycles. The quantitative estimate of drug-likeness (QED) is 0.178. The summed E-state index contributed by atoms with van der Waals surface area (Å²) in [6.45, 7) is 0. The highest BCUT2D eigenvalue weighted by atomic mass is 16.3. The molecule has 3 heterocycles. The first-order valence-corrected chi connectivity index (χ1v) is 21.4. The zero-order valence-corrected chi connectivity index (χ0v) is 33.8. The molecule has 0 saturated heterocycles. The molecule has 0 saturated carbocycles. The lowest BCUT2D eigenvalue weighted by Crippen LogP contribution is -2.25. The summed E-state index contributed by atoms with van der Waals surface area (Å²) in [7, 11) is 0. The van der Waals surface area contributed by atoms with Crippen LogP contribution in [0.5, 0.6) is 0 Å². The molecule has 0 bridgehead atoms. The summed E-state index contributed by atoms with van der Waals surface area (Å²) in [5.41, 5.74) is 17.9. The zero-order chi connectivity index (χ0) is 41.2. The molecule has 0 fully saturated rings. The van der Waals surface area contributed by atoms with E-state index in [0.29, 0.717) is 17.5 Å². The lowest BCUT2D eigenvalue weighted by Gasteiger charge is -2.30. The van der Waals surface area contributed by atoms with Crippen LogP contribution in [0, 0.1) is 0 Å². The van der Waals surface area contributed by atoms with Gasteiger partial charge in [0.2, 0.25) is 0 Å². The number of nitrogens with zero attached hydrogens (tertiary/aromatic N) is 4. The third kappa shape index (κ3) is 4.68. The fraction of sp³-hybridized carbons (Fsp3) is 0.0172. The molecule has 1 spiro atoms. The van der Waals surface area contributed by atoms with Crippen molar-refractivity contribution in [1.82, 2.24) is 19.5 Å². The third-order valence-electron chi connectivity index (χ3n) is 13.5. The molecule has 5 heteroatoms. The van der Waals surface area contributed by atoms with Crippen LogP contribution in [0.25, 0.3) is 106 Å². The fourth-order valence-electron chi connectivity index (χ4n) is 10.9. The van der Waals surface area contributed by atoms with Gasteiger partial charge in [-0.15, -0.1) is 0 Å². The highest BCUT2D eigenvalue weighted by molar-refractivity contribution is 6.16. The van der Waals surface area contributed by atoms with Crippen molar-refractivity contribution in [2.45, 2.75) is 5.41 Å². The summed E-state index contributed by atoms with van der Waals surface area (Å²) in [6.07, 6.45) is 0. The summed E-state index contributed by atoms with van der Waals surface area (Å²) in [6, 6.07) is 73.8. The summed E-state index contributed by atoms with van der Waals surface area (Å²) < 4.78 is 8.75. The lowest BCUT2D eigenvalue weighted by molar-refractivity contribution is 0.669. The molecular formula is C58H34N4O. The first-order chi connectivity index (χ1) is 31.2. The molecule has 292 valence electrons. The molecule has 3 aromatic heterocycles. The van der Waals surface area contributed by atoms with Gasteiger partial charge in [-0.25, -0.2) is 15.0 Å². The van der Waals surface area contributed by atoms with Gasteiger partial charge in [0.05, 0.1) is 16.4 Å². The van der Waals surface area contributed by atoms with Crippen molar-refractivity contribution in [2.24, 2.45) is 0 Å². The van der Waals surface area contributed by atoms with Gasteiger partial charge in [-0.05, 0) is 87.5 Å². The topological polar surface area (TPSA) is 56.7 Å². The Labute approximate surface area is 362 Å². The van der Waals surface area contributed by atoms with Gasteiger partial charge < -0.3 is 8.98 Å². The second-order valence-electron chi connectivity index (χ2n) is 16.7. The predicted molar refractivity (Wildman–Crippen MR) is 254 cm³/mol. The van der Waals surface area contributed by atoms with Gasteiger partial charge in [-0.2, -0.15) is 0 Å². The zero-order valence-electron chi connectivity index (χ0n) is 33.8. The van der Waals surface area contributed by atoms with Crippen molar-refractivity contribution >= 4 is 43.7 Å². The van der Waals surface area contributed by atoms with Crippen LogP contribution in [0.4, 0.5) is 0 Å². The van der Waals surface area contributed by atoms with Crippen molar-refractivity contribution in [2.75, 3.05) is 0 Å². The first kappa shape index (κ1) is 34.3. The Bertz CT molecular complexity index is 3810. The maximum atomic E-state index is 6.29. The largest absolute Gasteiger partial charge is 0.456 e. The molecular weight excluding hydrogens is 769 g/mol. The van der Waals surface area contributed by atoms with E-state index in [2.05, 4.69) is 156 Å². The van der Waals surface area contributed by atoms with E-state index in [1.807, 2.05) is 54.6 Å². The van der Waals surface area contributed by atoms with E-state index in [4.69, 9.17) is 19.4 Å². The summed E-state index contributed by atoms with van der Waals surface area (Å²) in [5, 5.41) is 4.61. The standard InChI is InChI=1S/C58H34N4O/c1-2-14-35(15-3-1)55-59-56(61-57(60-55)37-28-31-43-42-19-8-13-25-51(42)63-52(43)34-37)36-26-29-38(30-27-36)62-50-24-12-7-18-41(50)44-32-33-49-53(54(44)62)45-20-6-11-23-48(45)58(49)46-21-9-4-16-39(46)40-17-5-10-22-47(40)58/h1-34H. The Morgan fingerprint density at radius 3 is 1.62 bits per heavy atom.